The summed E-state index contributed by atoms with van der Waals surface area (Å²) in [5.74, 6) is -0.151. The van der Waals surface area contributed by atoms with E-state index in [0.717, 1.165) is 18.4 Å². The smallest absolute Gasteiger partial charge is 0.407 e. The zero-order valence-corrected chi connectivity index (χ0v) is 13.3. The number of carbonyl (C=O) groups is 1. The van der Waals surface area contributed by atoms with Crippen LogP contribution in [-0.4, -0.2) is 40.8 Å². The average molecular weight is 327 g/mol. The highest BCUT2D eigenvalue weighted by Crippen LogP contribution is 2.39. The van der Waals surface area contributed by atoms with Gasteiger partial charge in [0.15, 0.2) is 0 Å². The highest BCUT2D eigenvalue weighted by Gasteiger charge is 2.41. The van der Waals surface area contributed by atoms with E-state index in [1.165, 1.54) is 4.90 Å². The number of nitrogens with zero attached hydrogens (tertiary/aromatic N) is 1. The van der Waals surface area contributed by atoms with Crippen molar-refractivity contribution in [2.24, 2.45) is 11.7 Å². The van der Waals surface area contributed by atoms with Gasteiger partial charge in [-0.25, -0.2) is 4.79 Å². The Bertz CT molecular complexity index is 526. The third-order valence-electron chi connectivity index (χ3n) is 4.45. The Morgan fingerprint density at radius 3 is 2.91 bits per heavy atom. The lowest BCUT2D eigenvalue weighted by Gasteiger charge is -2.42. The van der Waals surface area contributed by atoms with E-state index in [-0.39, 0.29) is 5.92 Å². The summed E-state index contributed by atoms with van der Waals surface area (Å²) in [7, 11) is 0. The summed E-state index contributed by atoms with van der Waals surface area (Å²) < 4.78 is 0. The van der Waals surface area contributed by atoms with Gasteiger partial charge in [0, 0.05) is 24.0 Å². The average Bonchev–Trinajstić information content (AvgIpc) is 2.52. The van der Waals surface area contributed by atoms with E-state index in [4.69, 9.17) is 17.3 Å². The molecule has 1 aliphatic heterocycles. The molecule has 1 aromatic carbocycles. The molecule has 1 aliphatic rings. The molecule has 4 N–H and O–H groups in total. The van der Waals surface area contributed by atoms with E-state index in [1.807, 2.05) is 12.1 Å². The highest BCUT2D eigenvalue weighted by molar-refractivity contribution is 6.30. The molecule has 22 heavy (non-hydrogen) atoms. The highest BCUT2D eigenvalue weighted by atomic mass is 35.5. The molecule has 1 heterocycles. The second-order valence-corrected chi connectivity index (χ2v) is 6.33. The first-order chi connectivity index (χ1) is 10.5. The van der Waals surface area contributed by atoms with E-state index in [1.54, 1.807) is 12.1 Å². The van der Waals surface area contributed by atoms with Crippen molar-refractivity contribution in [1.29, 1.82) is 0 Å². The molecule has 2 rings (SSSR count). The molecule has 1 saturated heterocycles. The van der Waals surface area contributed by atoms with Crippen molar-refractivity contribution in [3.8, 4) is 0 Å². The summed E-state index contributed by atoms with van der Waals surface area (Å²) >= 11 is 6.06. The molecule has 6 heteroatoms. The lowest BCUT2D eigenvalue weighted by atomic mass is 9.74. The summed E-state index contributed by atoms with van der Waals surface area (Å²) in [4.78, 5) is 12.6. The van der Waals surface area contributed by atoms with Gasteiger partial charge in [-0.3, -0.25) is 0 Å². The minimum Gasteiger partial charge on any atom is -0.465 e. The molecular weight excluding hydrogens is 304 g/mol. The van der Waals surface area contributed by atoms with Crippen molar-refractivity contribution >= 4 is 17.7 Å². The fraction of sp³-hybridized carbons (Fsp3) is 0.562. The van der Waals surface area contributed by atoms with Gasteiger partial charge in [-0.2, -0.15) is 0 Å². The van der Waals surface area contributed by atoms with Gasteiger partial charge in [-0.05, 0) is 49.9 Å². The van der Waals surface area contributed by atoms with Crippen molar-refractivity contribution < 1.29 is 15.0 Å². The van der Waals surface area contributed by atoms with E-state index < -0.39 is 11.7 Å². The van der Waals surface area contributed by atoms with Crippen molar-refractivity contribution in [3.05, 3.63) is 34.9 Å². The number of halogens is 1. The van der Waals surface area contributed by atoms with Crippen molar-refractivity contribution in [2.45, 2.75) is 31.3 Å². The standard InChI is InChI=1S/C16H23ClN2O3/c17-14-6-1-4-12(10-14)16(22,7-3-8-18)13-5-2-9-19(11-13)15(20)21/h1,4,6,10,13,22H,2-3,5,7-9,11,18H2,(H,20,21). The molecular formula is C16H23ClN2O3. The third-order valence-corrected chi connectivity index (χ3v) is 4.69. The van der Waals surface area contributed by atoms with Crippen LogP contribution in [0.2, 0.25) is 5.02 Å². The summed E-state index contributed by atoms with van der Waals surface area (Å²) in [6.45, 7) is 1.34. The first-order valence-electron chi connectivity index (χ1n) is 7.63. The van der Waals surface area contributed by atoms with Gasteiger partial charge in [0.2, 0.25) is 0 Å². The van der Waals surface area contributed by atoms with Crippen molar-refractivity contribution in [3.63, 3.8) is 0 Å². The molecule has 2 unspecified atom stereocenters. The van der Waals surface area contributed by atoms with Crippen LogP contribution < -0.4 is 5.73 Å². The Kier molecular flexibility index (Phi) is 5.67. The number of likely N-dealkylation sites (tertiary alicyclic amines) is 1. The Balaban J connectivity index is 2.30. The predicted molar refractivity (Wildman–Crippen MR) is 86.0 cm³/mol. The summed E-state index contributed by atoms with van der Waals surface area (Å²) in [6.07, 6.45) is 1.78. The second kappa shape index (κ2) is 7.31. The minimum absolute atomic E-state index is 0.151. The lowest BCUT2D eigenvalue weighted by molar-refractivity contribution is -0.0571. The zero-order chi connectivity index (χ0) is 16.2. The first-order valence-corrected chi connectivity index (χ1v) is 8.01. The van der Waals surface area contributed by atoms with Crippen LogP contribution in [0.4, 0.5) is 4.79 Å². The van der Waals surface area contributed by atoms with Crippen LogP contribution in [0.1, 0.15) is 31.2 Å². The van der Waals surface area contributed by atoms with Crippen LogP contribution >= 0.6 is 11.6 Å². The van der Waals surface area contributed by atoms with Crippen LogP contribution in [0, 0.1) is 5.92 Å². The molecule has 0 bridgehead atoms. The van der Waals surface area contributed by atoms with Gasteiger partial charge in [0.25, 0.3) is 0 Å². The van der Waals surface area contributed by atoms with E-state index in [0.29, 0.717) is 37.5 Å². The molecule has 0 spiro atoms. The Morgan fingerprint density at radius 1 is 1.50 bits per heavy atom. The van der Waals surface area contributed by atoms with Gasteiger partial charge >= 0.3 is 6.09 Å². The minimum atomic E-state index is -1.10. The maximum Gasteiger partial charge on any atom is 0.407 e. The molecule has 2 atom stereocenters. The molecule has 0 aromatic heterocycles. The van der Waals surface area contributed by atoms with Crippen LogP contribution in [0.3, 0.4) is 0 Å². The number of hydrogen-bond acceptors (Lipinski definition) is 3. The maximum absolute atomic E-state index is 11.3. The van der Waals surface area contributed by atoms with Crippen LogP contribution in [0.15, 0.2) is 24.3 Å². The monoisotopic (exact) mass is 326 g/mol. The van der Waals surface area contributed by atoms with Crippen molar-refractivity contribution in [1.82, 2.24) is 4.90 Å². The Morgan fingerprint density at radius 2 is 2.27 bits per heavy atom. The third kappa shape index (κ3) is 3.72. The van der Waals surface area contributed by atoms with Crippen LogP contribution in [-0.2, 0) is 5.60 Å². The summed E-state index contributed by atoms with van der Waals surface area (Å²) in [5.41, 5.74) is 5.25. The number of hydrogen-bond donors (Lipinski definition) is 3. The molecule has 0 aliphatic carbocycles. The number of benzene rings is 1. The van der Waals surface area contributed by atoms with Gasteiger partial charge in [-0.15, -0.1) is 0 Å². The van der Waals surface area contributed by atoms with Crippen molar-refractivity contribution in [2.75, 3.05) is 19.6 Å². The fourth-order valence-electron chi connectivity index (χ4n) is 3.25. The number of aliphatic hydroxyl groups is 1. The topological polar surface area (TPSA) is 86.8 Å². The number of amides is 1. The quantitative estimate of drug-likeness (QED) is 0.776. The summed E-state index contributed by atoms with van der Waals surface area (Å²) in [5, 5.41) is 21.1. The summed E-state index contributed by atoms with van der Waals surface area (Å²) in [6, 6.07) is 7.18. The lowest BCUT2D eigenvalue weighted by Crippen LogP contribution is -2.48. The fourth-order valence-corrected chi connectivity index (χ4v) is 3.44. The number of nitrogens with two attached hydrogens (primary N) is 1. The predicted octanol–water partition coefficient (Wildman–Crippen LogP) is 2.66. The molecule has 122 valence electrons. The number of piperidine rings is 1. The molecule has 1 fully saturated rings. The molecule has 1 aromatic rings. The Labute approximate surface area is 135 Å². The first kappa shape index (κ1) is 17.1. The van der Waals surface area contributed by atoms with Gasteiger partial charge in [-0.1, -0.05) is 23.7 Å². The zero-order valence-electron chi connectivity index (χ0n) is 12.5. The van der Waals surface area contributed by atoms with E-state index in [2.05, 4.69) is 0 Å². The van der Waals surface area contributed by atoms with Gasteiger partial charge < -0.3 is 20.8 Å². The largest absolute Gasteiger partial charge is 0.465 e. The molecule has 5 nitrogen and oxygen atoms in total. The molecule has 0 saturated carbocycles. The number of carboxylic acid groups (broad SMARTS) is 1. The SMILES string of the molecule is NCCCC(O)(c1cccc(Cl)c1)C1CCCN(C(=O)O)C1. The van der Waals surface area contributed by atoms with Crippen LogP contribution in [0.5, 0.6) is 0 Å². The van der Waals surface area contributed by atoms with E-state index in [9.17, 15) is 15.0 Å². The van der Waals surface area contributed by atoms with E-state index >= 15 is 0 Å². The molecule has 1 amide bonds. The Hall–Kier alpha value is -1.30. The maximum atomic E-state index is 11.3. The molecule has 0 radical (unpaired) electrons. The van der Waals surface area contributed by atoms with Gasteiger partial charge in [0.05, 0.1) is 5.60 Å². The van der Waals surface area contributed by atoms with Gasteiger partial charge in [0.1, 0.15) is 0 Å². The van der Waals surface area contributed by atoms with Crippen LogP contribution in [0.25, 0.3) is 0 Å². The second-order valence-electron chi connectivity index (χ2n) is 5.89. The number of rotatable bonds is 5. The normalized spacial score (nSPS) is 21.4.